The van der Waals surface area contributed by atoms with Gasteiger partial charge in [-0.05, 0) is 55.2 Å². The van der Waals surface area contributed by atoms with E-state index in [1.165, 1.54) is 22.3 Å². The van der Waals surface area contributed by atoms with Gasteiger partial charge in [-0.15, -0.1) is 0 Å². The quantitative estimate of drug-likeness (QED) is 0.539. The number of aromatic nitrogens is 2. The first-order chi connectivity index (χ1) is 13.1. The van der Waals surface area contributed by atoms with E-state index in [2.05, 4.69) is 91.2 Å². The first-order valence-electron chi connectivity index (χ1n) is 9.41. The molecule has 0 aliphatic heterocycles. The van der Waals surface area contributed by atoms with Gasteiger partial charge in [-0.25, -0.2) is 4.98 Å². The van der Waals surface area contributed by atoms with E-state index in [4.69, 9.17) is 10.7 Å². The summed E-state index contributed by atoms with van der Waals surface area (Å²) in [5, 5.41) is 0. The molecule has 3 nitrogen and oxygen atoms in total. The van der Waals surface area contributed by atoms with E-state index in [0.29, 0.717) is 0 Å². The van der Waals surface area contributed by atoms with Crippen LogP contribution in [0.4, 0.5) is 0 Å². The maximum Gasteiger partial charge on any atom is 0.127 e. The van der Waals surface area contributed by atoms with Gasteiger partial charge in [0.05, 0.1) is 23.1 Å². The average molecular weight is 355 g/mol. The van der Waals surface area contributed by atoms with Crippen molar-refractivity contribution >= 4 is 11.0 Å². The van der Waals surface area contributed by atoms with Crippen LogP contribution in [0.5, 0.6) is 0 Å². The van der Waals surface area contributed by atoms with Crippen LogP contribution in [0.25, 0.3) is 11.0 Å². The second-order valence-electron chi connectivity index (χ2n) is 7.28. The molecule has 27 heavy (non-hydrogen) atoms. The Balaban J connectivity index is 2.06. The third kappa shape index (κ3) is 3.15. The largest absolute Gasteiger partial charge is 0.322 e. The molecule has 1 atom stereocenters. The van der Waals surface area contributed by atoms with Crippen LogP contribution in [0, 0.1) is 13.8 Å². The Morgan fingerprint density at radius 1 is 0.815 bits per heavy atom. The van der Waals surface area contributed by atoms with Crippen molar-refractivity contribution in [1.82, 2.24) is 9.55 Å². The fourth-order valence-electron chi connectivity index (χ4n) is 3.72. The summed E-state index contributed by atoms with van der Waals surface area (Å²) in [6.07, 6.45) is 0. The van der Waals surface area contributed by atoms with Gasteiger partial charge in [-0.3, -0.25) is 0 Å². The van der Waals surface area contributed by atoms with E-state index in [9.17, 15) is 0 Å². The lowest BCUT2D eigenvalue weighted by Gasteiger charge is -2.24. The molecular weight excluding hydrogens is 330 g/mol. The highest BCUT2D eigenvalue weighted by Gasteiger charge is 2.24. The van der Waals surface area contributed by atoms with Crippen molar-refractivity contribution < 1.29 is 0 Å². The van der Waals surface area contributed by atoms with Crippen molar-refractivity contribution in [2.45, 2.75) is 32.9 Å². The zero-order valence-electron chi connectivity index (χ0n) is 16.1. The van der Waals surface area contributed by atoms with E-state index in [1.54, 1.807) is 0 Å². The van der Waals surface area contributed by atoms with Crippen molar-refractivity contribution in [2.75, 3.05) is 0 Å². The van der Waals surface area contributed by atoms with Crippen LogP contribution < -0.4 is 5.73 Å². The van der Waals surface area contributed by atoms with E-state index >= 15 is 0 Å². The molecule has 4 rings (SSSR count). The molecule has 0 spiro atoms. The number of benzene rings is 3. The Kier molecular flexibility index (Phi) is 4.54. The smallest absolute Gasteiger partial charge is 0.127 e. The van der Waals surface area contributed by atoms with E-state index < -0.39 is 0 Å². The van der Waals surface area contributed by atoms with E-state index in [1.807, 2.05) is 6.92 Å². The Morgan fingerprint density at radius 3 is 1.85 bits per heavy atom. The van der Waals surface area contributed by atoms with Crippen LogP contribution in [0.2, 0.25) is 0 Å². The second-order valence-corrected chi connectivity index (χ2v) is 7.28. The summed E-state index contributed by atoms with van der Waals surface area (Å²) in [4.78, 5) is 4.92. The molecule has 0 saturated heterocycles. The van der Waals surface area contributed by atoms with Crippen molar-refractivity contribution in [3.05, 3.63) is 101 Å². The Labute approximate surface area is 160 Å². The van der Waals surface area contributed by atoms with Gasteiger partial charge < -0.3 is 10.3 Å². The van der Waals surface area contributed by atoms with E-state index in [-0.39, 0.29) is 12.1 Å². The summed E-state index contributed by atoms with van der Waals surface area (Å²) in [6.45, 7) is 6.29. The number of rotatable bonds is 4. The molecule has 2 N–H and O–H groups in total. The maximum absolute atomic E-state index is 6.37. The highest BCUT2D eigenvalue weighted by atomic mass is 15.1. The standard InChI is InChI=1S/C24H25N3/c1-16-14-21-22(15-17(16)2)27(24(26-21)18(3)25)23(19-10-6-4-7-11-19)20-12-8-5-9-13-20/h4-15,18,23H,25H2,1-3H3. The molecule has 1 unspecified atom stereocenters. The maximum atomic E-state index is 6.37. The lowest BCUT2D eigenvalue weighted by Crippen LogP contribution is -2.19. The molecule has 0 amide bonds. The fourth-order valence-corrected chi connectivity index (χ4v) is 3.72. The summed E-state index contributed by atoms with van der Waals surface area (Å²) < 4.78 is 2.32. The predicted molar refractivity (Wildman–Crippen MR) is 112 cm³/mol. The normalized spacial score (nSPS) is 12.6. The van der Waals surface area contributed by atoms with Gasteiger partial charge in [0.25, 0.3) is 0 Å². The summed E-state index contributed by atoms with van der Waals surface area (Å²) in [5.41, 5.74) is 13.5. The Hall–Kier alpha value is -2.91. The third-order valence-corrected chi connectivity index (χ3v) is 5.23. The molecule has 0 bridgehead atoms. The van der Waals surface area contributed by atoms with Crippen LogP contribution in [-0.2, 0) is 0 Å². The zero-order chi connectivity index (χ0) is 19.0. The summed E-state index contributed by atoms with van der Waals surface area (Å²) >= 11 is 0. The minimum absolute atomic E-state index is 0.0282. The summed E-state index contributed by atoms with van der Waals surface area (Å²) in [5.74, 6) is 0.910. The number of aryl methyl sites for hydroxylation is 2. The van der Waals surface area contributed by atoms with Crippen LogP contribution >= 0.6 is 0 Å². The zero-order valence-corrected chi connectivity index (χ0v) is 16.1. The van der Waals surface area contributed by atoms with Crippen LogP contribution in [0.3, 0.4) is 0 Å². The first kappa shape index (κ1) is 17.5. The van der Waals surface area contributed by atoms with Gasteiger partial charge in [0.1, 0.15) is 5.82 Å². The van der Waals surface area contributed by atoms with Gasteiger partial charge >= 0.3 is 0 Å². The lowest BCUT2D eigenvalue weighted by atomic mass is 9.97. The van der Waals surface area contributed by atoms with Crippen LogP contribution in [0.15, 0.2) is 72.8 Å². The Bertz CT molecular complexity index is 1020. The minimum Gasteiger partial charge on any atom is -0.322 e. The molecule has 4 aromatic rings. The van der Waals surface area contributed by atoms with Crippen molar-refractivity contribution in [1.29, 1.82) is 0 Å². The van der Waals surface area contributed by atoms with Gasteiger partial charge in [-0.1, -0.05) is 60.7 Å². The predicted octanol–water partition coefficient (Wildman–Crippen LogP) is 5.31. The monoisotopic (exact) mass is 355 g/mol. The minimum atomic E-state index is -0.159. The number of imidazole rings is 1. The molecule has 3 heteroatoms. The second kappa shape index (κ2) is 7.01. The molecule has 1 aromatic heterocycles. The number of nitrogens with zero attached hydrogens (tertiary/aromatic N) is 2. The number of nitrogens with two attached hydrogens (primary N) is 1. The molecule has 0 aliphatic rings. The van der Waals surface area contributed by atoms with Gasteiger partial charge in [0.15, 0.2) is 0 Å². The van der Waals surface area contributed by atoms with Crippen LogP contribution in [0.1, 0.15) is 47.1 Å². The highest BCUT2D eigenvalue weighted by molar-refractivity contribution is 5.79. The number of hydrogen-bond donors (Lipinski definition) is 1. The van der Waals surface area contributed by atoms with Gasteiger partial charge in [-0.2, -0.15) is 0 Å². The van der Waals surface area contributed by atoms with Gasteiger partial charge in [0, 0.05) is 0 Å². The molecule has 3 aromatic carbocycles. The fraction of sp³-hybridized carbons (Fsp3) is 0.208. The van der Waals surface area contributed by atoms with Crippen molar-refractivity contribution in [3.63, 3.8) is 0 Å². The molecule has 1 heterocycles. The highest BCUT2D eigenvalue weighted by Crippen LogP contribution is 2.34. The van der Waals surface area contributed by atoms with E-state index in [0.717, 1.165) is 16.9 Å². The SMILES string of the molecule is Cc1cc2nc(C(C)N)n(C(c3ccccc3)c3ccccc3)c2cc1C. The molecular formula is C24H25N3. The molecule has 0 aliphatic carbocycles. The molecule has 0 saturated carbocycles. The van der Waals surface area contributed by atoms with Crippen molar-refractivity contribution in [3.8, 4) is 0 Å². The third-order valence-electron chi connectivity index (χ3n) is 5.23. The molecule has 136 valence electrons. The lowest BCUT2D eigenvalue weighted by molar-refractivity contribution is 0.608. The first-order valence-corrected chi connectivity index (χ1v) is 9.41. The van der Waals surface area contributed by atoms with Gasteiger partial charge in [0.2, 0.25) is 0 Å². The topological polar surface area (TPSA) is 43.8 Å². The molecule has 0 radical (unpaired) electrons. The molecule has 0 fully saturated rings. The summed E-state index contributed by atoms with van der Waals surface area (Å²) in [6, 6.07) is 25.4. The van der Waals surface area contributed by atoms with Crippen molar-refractivity contribution in [2.24, 2.45) is 5.73 Å². The average Bonchev–Trinajstić information content (AvgIpc) is 3.03. The number of fused-ring (bicyclic) bond motifs is 1. The summed E-state index contributed by atoms with van der Waals surface area (Å²) in [7, 11) is 0. The number of hydrogen-bond acceptors (Lipinski definition) is 2. The van der Waals surface area contributed by atoms with Crippen LogP contribution in [-0.4, -0.2) is 9.55 Å². The Morgan fingerprint density at radius 2 is 1.33 bits per heavy atom.